The van der Waals surface area contributed by atoms with Gasteiger partial charge in [-0.2, -0.15) is 0 Å². The molecule has 2 atom stereocenters. The minimum absolute atomic E-state index is 0.227. The summed E-state index contributed by atoms with van der Waals surface area (Å²) < 4.78 is 0. The van der Waals surface area contributed by atoms with E-state index < -0.39 is 0 Å². The summed E-state index contributed by atoms with van der Waals surface area (Å²) in [5, 5.41) is 0. The molecule has 0 aromatic rings. The maximum atomic E-state index is 6.33. The van der Waals surface area contributed by atoms with Gasteiger partial charge in [-0.25, -0.2) is 0 Å². The van der Waals surface area contributed by atoms with Crippen LogP contribution in [0.15, 0.2) is 0 Å². The highest BCUT2D eigenvalue weighted by Gasteiger charge is 2.48. The smallest absolute Gasteiger partial charge is 0.0201 e. The van der Waals surface area contributed by atoms with E-state index in [0.29, 0.717) is 12.0 Å². The predicted molar refractivity (Wildman–Crippen MR) is 66.9 cm³/mol. The van der Waals surface area contributed by atoms with Gasteiger partial charge >= 0.3 is 0 Å². The Bertz CT molecular complexity index is 221. The molecule has 0 aromatic carbocycles. The maximum absolute atomic E-state index is 6.33. The van der Waals surface area contributed by atoms with Crippen molar-refractivity contribution in [2.24, 2.45) is 11.7 Å². The second-order valence-electron chi connectivity index (χ2n) is 6.09. The minimum atomic E-state index is 0.227. The van der Waals surface area contributed by atoms with Crippen LogP contribution in [0.1, 0.15) is 54.4 Å². The summed E-state index contributed by atoms with van der Waals surface area (Å²) in [5.41, 5.74) is 6.80. The molecule has 0 saturated carbocycles. The molecule has 2 heteroatoms. The van der Waals surface area contributed by atoms with E-state index in [9.17, 15) is 0 Å². The van der Waals surface area contributed by atoms with Crippen molar-refractivity contribution < 1.29 is 0 Å². The Labute approximate surface area is 95.2 Å². The molecule has 2 N–H and O–H groups in total. The number of hydrogen-bond donors (Lipinski definition) is 1. The first kappa shape index (κ1) is 13.0. The molecule has 2 unspecified atom stereocenters. The molecule has 0 radical (unpaired) electrons. The molecule has 2 nitrogen and oxygen atoms in total. The zero-order chi connectivity index (χ0) is 11.9. The van der Waals surface area contributed by atoms with Gasteiger partial charge in [0.1, 0.15) is 0 Å². The molecule has 1 rings (SSSR count). The molecule has 1 aliphatic heterocycles. The van der Waals surface area contributed by atoms with E-state index in [0.717, 1.165) is 13.0 Å². The van der Waals surface area contributed by atoms with Crippen molar-refractivity contribution in [3.8, 4) is 0 Å². The van der Waals surface area contributed by atoms with E-state index in [2.05, 4.69) is 46.4 Å². The molecule has 0 aromatic heterocycles. The largest absolute Gasteiger partial charge is 0.327 e. The van der Waals surface area contributed by atoms with Crippen molar-refractivity contribution in [3.63, 3.8) is 0 Å². The van der Waals surface area contributed by atoms with Crippen LogP contribution >= 0.6 is 0 Å². The normalized spacial score (nSPS) is 35.4. The highest BCUT2D eigenvalue weighted by atomic mass is 15.3. The van der Waals surface area contributed by atoms with Gasteiger partial charge in [-0.3, -0.25) is 4.90 Å². The minimum Gasteiger partial charge on any atom is -0.327 e. The van der Waals surface area contributed by atoms with E-state index in [4.69, 9.17) is 5.73 Å². The standard InChI is InChI=1S/C13H28N2/c1-7-10-11(14)9-12(3,4)15(8-2)13(10,5)6/h10-11H,7-9,14H2,1-6H3. The van der Waals surface area contributed by atoms with Crippen LogP contribution in [-0.2, 0) is 0 Å². The van der Waals surface area contributed by atoms with Gasteiger partial charge < -0.3 is 5.73 Å². The van der Waals surface area contributed by atoms with Gasteiger partial charge in [0.2, 0.25) is 0 Å². The Morgan fingerprint density at radius 2 is 1.73 bits per heavy atom. The predicted octanol–water partition coefficient (Wildman–Crippen LogP) is 2.62. The fourth-order valence-corrected chi connectivity index (χ4v) is 3.97. The molecule has 1 saturated heterocycles. The Morgan fingerprint density at radius 3 is 2.13 bits per heavy atom. The van der Waals surface area contributed by atoms with Crippen LogP contribution in [0.2, 0.25) is 0 Å². The van der Waals surface area contributed by atoms with Gasteiger partial charge in [0.15, 0.2) is 0 Å². The highest BCUT2D eigenvalue weighted by Crippen LogP contribution is 2.42. The zero-order valence-corrected chi connectivity index (χ0v) is 11.3. The number of likely N-dealkylation sites (tertiary alicyclic amines) is 1. The number of rotatable bonds is 2. The first-order valence-electron chi connectivity index (χ1n) is 6.30. The molecule has 1 fully saturated rings. The lowest BCUT2D eigenvalue weighted by molar-refractivity contribution is -0.0719. The van der Waals surface area contributed by atoms with Crippen LogP contribution < -0.4 is 5.73 Å². The summed E-state index contributed by atoms with van der Waals surface area (Å²) in [7, 11) is 0. The average molecular weight is 212 g/mol. The van der Waals surface area contributed by atoms with Crippen LogP contribution in [0.3, 0.4) is 0 Å². The molecule has 0 amide bonds. The second kappa shape index (κ2) is 4.06. The van der Waals surface area contributed by atoms with E-state index in [1.807, 2.05) is 0 Å². The van der Waals surface area contributed by atoms with Crippen LogP contribution in [-0.4, -0.2) is 28.6 Å². The summed E-state index contributed by atoms with van der Waals surface area (Å²) in [4.78, 5) is 2.62. The maximum Gasteiger partial charge on any atom is 0.0201 e. The van der Waals surface area contributed by atoms with Crippen LogP contribution in [0.4, 0.5) is 0 Å². The monoisotopic (exact) mass is 212 g/mol. The number of nitrogens with two attached hydrogens (primary N) is 1. The lowest BCUT2D eigenvalue weighted by Crippen LogP contribution is -2.67. The van der Waals surface area contributed by atoms with Gasteiger partial charge in [-0.05, 0) is 46.6 Å². The quantitative estimate of drug-likeness (QED) is 0.762. The Balaban J connectivity index is 3.03. The molecular weight excluding hydrogens is 184 g/mol. The summed E-state index contributed by atoms with van der Waals surface area (Å²) in [5.74, 6) is 0.616. The zero-order valence-electron chi connectivity index (χ0n) is 11.3. The summed E-state index contributed by atoms with van der Waals surface area (Å²) in [6.45, 7) is 15.0. The van der Waals surface area contributed by atoms with E-state index in [1.54, 1.807) is 0 Å². The second-order valence-corrected chi connectivity index (χ2v) is 6.09. The summed E-state index contributed by atoms with van der Waals surface area (Å²) in [6, 6.07) is 0.350. The third-order valence-corrected chi connectivity index (χ3v) is 4.34. The van der Waals surface area contributed by atoms with Crippen molar-refractivity contribution in [1.82, 2.24) is 4.90 Å². The van der Waals surface area contributed by atoms with E-state index in [-0.39, 0.29) is 11.1 Å². The van der Waals surface area contributed by atoms with Crippen molar-refractivity contribution >= 4 is 0 Å². The SMILES string of the molecule is CCC1C(N)CC(C)(C)N(CC)C1(C)C. The number of piperidine rings is 1. The molecule has 1 aliphatic rings. The van der Waals surface area contributed by atoms with Crippen molar-refractivity contribution in [3.05, 3.63) is 0 Å². The first-order valence-corrected chi connectivity index (χ1v) is 6.30. The lowest BCUT2D eigenvalue weighted by Gasteiger charge is -2.58. The van der Waals surface area contributed by atoms with E-state index in [1.165, 1.54) is 6.42 Å². The topological polar surface area (TPSA) is 29.3 Å². The highest BCUT2D eigenvalue weighted by molar-refractivity contribution is 5.05. The fourth-order valence-electron chi connectivity index (χ4n) is 3.97. The Morgan fingerprint density at radius 1 is 1.20 bits per heavy atom. The van der Waals surface area contributed by atoms with Gasteiger partial charge in [0.05, 0.1) is 0 Å². The Hall–Kier alpha value is -0.0800. The van der Waals surface area contributed by atoms with Crippen LogP contribution in [0, 0.1) is 5.92 Å². The van der Waals surface area contributed by atoms with Gasteiger partial charge in [0.25, 0.3) is 0 Å². The lowest BCUT2D eigenvalue weighted by atomic mass is 9.68. The average Bonchev–Trinajstić information content (AvgIpc) is 2.00. The summed E-state index contributed by atoms with van der Waals surface area (Å²) in [6.07, 6.45) is 2.30. The molecule has 0 aliphatic carbocycles. The third kappa shape index (κ3) is 2.07. The molecule has 90 valence electrons. The first-order chi connectivity index (χ1) is 6.77. The van der Waals surface area contributed by atoms with Gasteiger partial charge in [-0.15, -0.1) is 0 Å². The third-order valence-electron chi connectivity index (χ3n) is 4.34. The van der Waals surface area contributed by atoms with Crippen molar-refractivity contribution in [2.75, 3.05) is 6.54 Å². The van der Waals surface area contributed by atoms with E-state index >= 15 is 0 Å². The van der Waals surface area contributed by atoms with Gasteiger partial charge in [0, 0.05) is 17.1 Å². The van der Waals surface area contributed by atoms with Crippen molar-refractivity contribution in [1.29, 1.82) is 0 Å². The number of nitrogens with zero attached hydrogens (tertiary/aromatic N) is 1. The van der Waals surface area contributed by atoms with Crippen molar-refractivity contribution in [2.45, 2.75) is 71.5 Å². The molecule has 1 heterocycles. The molecule has 0 bridgehead atoms. The molecule has 0 spiro atoms. The fraction of sp³-hybridized carbons (Fsp3) is 1.00. The Kier molecular flexibility index (Phi) is 3.52. The molecular formula is C13H28N2. The van der Waals surface area contributed by atoms with Gasteiger partial charge in [-0.1, -0.05) is 20.3 Å². The summed E-state index contributed by atoms with van der Waals surface area (Å²) >= 11 is 0. The van der Waals surface area contributed by atoms with Crippen LogP contribution in [0.5, 0.6) is 0 Å². The number of hydrogen-bond acceptors (Lipinski definition) is 2. The molecule has 15 heavy (non-hydrogen) atoms. The van der Waals surface area contributed by atoms with Crippen LogP contribution in [0.25, 0.3) is 0 Å².